The molecule has 2 fully saturated rings. The SMILES string of the molecule is CCCC[C@]1(CCN(C(C)=O)[C@H]2CCOC(C)(C)C2)CCOC(C)(C)C1. The molecule has 2 atom stereocenters. The van der Waals surface area contributed by atoms with Crippen LogP contribution >= 0.6 is 0 Å². The molecule has 2 aliphatic heterocycles. The van der Waals surface area contributed by atoms with Crippen molar-refractivity contribution in [2.24, 2.45) is 5.41 Å². The summed E-state index contributed by atoms with van der Waals surface area (Å²) >= 11 is 0. The van der Waals surface area contributed by atoms with Gasteiger partial charge in [0.15, 0.2) is 0 Å². The van der Waals surface area contributed by atoms with Gasteiger partial charge in [-0.05, 0) is 71.6 Å². The van der Waals surface area contributed by atoms with Gasteiger partial charge in [0.25, 0.3) is 0 Å². The molecule has 0 bridgehead atoms. The largest absolute Gasteiger partial charge is 0.376 e. The zero-order valence-electron chi connectivity index (χ0n) is 18.0. The highest BCUT2D eigenvalue weighted by molar-refractivity contribution is 5.73. The van der Waals surface area contributed by atoms with E-state index >= 15 is 0 Å². The lowest BCUT2D eigenvalue weighted by molar-refractivity contribution is -0.140. The van der Waals surface area contributed by atoms with Crippen molar-refractivity contribution < 1.29 is 14.3 Å². The number of hydrogen-bond donors (Lipinski definition) is 0. The molecule has 152 valence electrons. The Morgan fingerprint density at radius 2 is 1.77 bits per heavy atom. The lowest BCUT2D eigenvalue weighted by Crippen LogP contribution is -2.50. The Kier molecular flexibility index (Phi) is 7.17. The molecule has 0 unspecified atom stereocenters. The first-order valence-electron chi connectivity index (χ1n) is 10.6. The molecule has 1 amide bonds. The fourth-order valence-electron chi connectivity index (χ4n) is 5.11. The van der Waals surface area contributed by atoms with Crippen LogP contribution in [0.2, 0.25) is 0 Å². The van der Waals surface area contributed by atoms with Gasteiger partial charge in [0.1, 0.15) is 0 Å². The molecule has 0 N–H and O–H groups in total. The predicted octanol–water partition coefficient (Wildman–Crippen LogP) is 4.95. The average Bonchev–Trinajstić information content (AvgIpc) is 2.51. The second kappa shape index (κ2) is 8.60. The molecule has 0 saturated carbocycles. The van der Waals surface area contributed by atoms with E-state index in [0.717, 1.165) is 51.9 Å². The summed E-state index contributed by atoms with van der Waals surface area (Å²) in [6.45, 7) is 15.2. The van der Waals surface area contributed by atoms with E-state index in [1.54, 1.807) is 6.92 Å². The van der Waals surface area contributed by atoms with Crippen LogP contribution < -0.4 is 0 Å². The zero-order chi connectivity index (χ0) is 19.4. The van der Waals surface area contributed by atoms with Crippen LogP contribution in [-0.2, 0) is 14.3 Å². The Bertz CT molecular complexity index is 474. The van der Waals surface area contributed by atoms with E-state index in [-0.39, 0.29) is 17.1 Å². The Labute approximate surface area is 161 Å². The number of unbranched alkanes of at least 4 members (excludes halogenated alkanes) is 1. The van der Waals surface area contributed by atoms with Gasteiger partial charge in [-0.1, -0.05) is 19.8 Å². The summed E-state index contributed by atoms with van der Waals surface area (Å²) in [5, 5.41) is 0. The molecule has 0 aromatic carbocycles. The van der Waals surface area contributed by atoms with Gasteiger partial charge in [-0.2, -0.15) is 0 Å². The van der Waals surface area contributed by atoms with Crippen molar-refractivity contribution in [3.63, 3.8) is 0 Å². The number of ether oxygens (including phenoxy) is 2. The van der Waals surface area contributed by atoms with Crippen LogP contribution in [0, 0.1) is 5.41 Å². The fourth-order valence-corrected chi connectivity index (χ4v) is 5.11. The van der Waals surface area contributed by atoms with Gasteiger partial charge in [0.05, 0.1) is 11.2 Å². The van der Waals surface area contributed by atoms with Crippen LogP contribution in [0.3, 0.4) is 0 Å². The van der Waals surface area contributed by atoms with Crippen LogP contribution in [-0.4, -0.2) is 47.8 Å². The van der Waals surface area contributed by atoms with Crippen molar-refractivity contribution in [1.29, 1.82) is 0 Å². The average molecular weight is 368 g/mol. The Balaban J connectivity index is 2.07. The van der Waals surface area contributed by atoms with Crippen molar-refractivity contribution in [1.82, 2.24) is 4.90 Å². The number of rotatable bonds is 7. The first-order valence-corrected chi connectivity index (χ1v) is 10.6. The van der Waals surface area contributed by atoms with Gasteiger partial charge in [0.2, 0.25) is 5.91 Å². The molecule has 0 aromatic rings. The third-order valence-corrected chi connectivity index (χ3v) is 6.39. The lowest BCUT2D eigenvalue weighted by atomic mass is 9.68. The van der Waals surface area contributed by atoms with Crippen molar-refractivity contribution in [3.8, 4) is 0 Å². The Morgan fingerprint density at radius 3 is 2.35 bits per heavy atom. The predicted molar refractivity (Wildman–Crippen MR) is 106 cm³/mol. The summed E-state index contributed by atoms with van der Waals surface area (Å²) in [7, 11) is 0. The van der Waals surface area contributed by atoms with E-state index < -0.39 is 0 Å². The normalized spacial score (nSPS) is 30.8. The topological polar surface area (TPSA) is 38.8 Å². The number of carbonyl (C=O) groups is 1. The van der Waals surface area contributed by atoms with E-state index in [1.165, 1.54) is 19.3 Å². The molecule has 0 aliphatic carbocycles. The van der Waals surface area contributed by atoms with Gasteiger partial charge in [-0.3, -0.25) is 4.79 Å². The molecule has 2 rings (SSSR count). The second-order valence-corrected chi connectivity index (χ2v) is 9.86. The van der Waals surface area contributed by atoms with Crippen LogP contribution in [0.1, 0.15) is 92.9 Å². The number of amides is 1. The van der Waals surface area contributed by atoms with Crippen molar-refractivity contribution >= 4 is 5.91 Å². The quantitative estimate of drug-likeness (QED) is 0.639. The Hall–Kier alpha value is -0.610. The lowest BCUT2D eigenvalue weighted by Gasteiger charge is -2.47. The van der Waals surface area contributed by atoms with E-state index in [0.29, 0.717) is 11.5 Å². The van der Waals surface area contributed by atoms with Gasteiger partial charge < -0.3 is 14.4 Å². The van der Waals surface area contributed by atoms with Gasteiger partial charge in [-0.15, -0.1) is 0 Å². The maximum Gasteiger partial charge on any atom is 0.219 e. The Morgan fingerprint density at radius 1 is 1.08 bits per heavy atom. The van der Waals surface area contributed by atoms with Gasteiger partial charge in [0, 0.05) is 32.7 Å². The minimum atomic E-state index is -0.128. The summed E-state index contributed by atoms with van der Waals surface area (Å²) in [6, 6.07) is 0.312. The summed E-state index contributed by atoms with van der Waals surface area (Å²) in [6.07, 6.45) is 8.96. The van der Waals surface area contributed by atoms with Crippen molar-refractivity contribution in [3.05, 3.63) is 0 Å². The minimum Gasteiger partial charge on any atom is -0.376 e. The van der Waals surface area contributed by atoms with E-state index in [4.69, 9.17) is 9.47 Å². The maximum atomic E-state index is 12.4. The molecule has 0 aromatic heterocycles. The van der Waals surface area contributed by atoms with Crippen LogP contribution in [0.4, 0.5) is 0 Å². The highest BCUT2D eigenvalue weighted by atomic mass is 16.5. The van der Waals surface area contributed by atoms with E-state index in [9.17, 15) is 4.79 Å². The third-order valence-electron chi connectivity index (χ3n) is 6.39. The molecule has 2 heterocycles. The van der Waals surface area contributed by atoms with Crippen LogP contribution in [0.15, 0.2) is 0 Å². The first kappa shape index (κ1) is 21.7. The monoisotopic (exact) mass is 367 g/mol. The highest BCUT2D eigenvalue weighted by Crippen LogP contribution is 2.45. The van der Waals surface area contributed by atoms with E-state index in [1.807, 2.05) is 0 Å². The molecule has 0 spiro atoms. The number of carbonyl (C=O) groups excluding carboxylic acids is 1. The molecule has 4 nitrogen and oxygen atoms in total. The molecule has 4 heteroatoms. The molecule has 0 radical (unpaired) electrons. The van der Waals surface area contributed by atoms with Crippen LogP contribution in [0.25, 0.3) is 0 Å². The van der Waals surface area contributed by atoms with Crippen LogP contribution in [0.5, 0.6) is 0 Å². The highest BCUT2D eigenvalue weighted by Gasteiger charge is 2.41. The second-order valence-electron chi connectivity index (χ2n) is 9.86. The third kappa shape index (κ3) is 5.95. The molecular formula is C22H41NO3. The minimum absolute atomic E-state index is 0.0479. The van der Waals surface area contributed by atoms with Gasteiger partial charge in [-0.25, -0.2) is 0 Å². The molecule has 2 saturated heterocycles. The maximum absolute atomic E-state index is 12.4. The number of nitrogens with zero attached hydrogens (tertiary/aromatic N) is 1. The molecule has 26 heavy (non-hydrogen) atoms. The first-order chi connectivity index (χ1) is 12.1. The summed E-state index contributed by atoms with van der Waals surface area (Å²) in [5.74, 6) is 0.213. The fraction of sp³-hybridized carbons (Fsp3) is 0.955. The molecular weight excluding hydrogens is 326 g/mol. The number of hydrogen-bond acceptors (Lipinski definition) is 3. The molecule has 2 aliphatic rings. The van der Waals surface area contributed by atoms with Gasteiger partial charge >= 0.3 is 0 Å². The summed E-state index contributed by atoms with van der Waals surface area (Å²) in [5.41, 5.74) is 0.136. The standard InChI is InChI=1S/C22H41NO3/c1-7-8-10-22(12-15-26-21(5,6)17-22)11-13-23(18(2)24)19-9-14-25-20(3,4)16-19/h19H,7-17H2,1-6H3/t19-,22-/m0/s1. The zero-order valence-corrected chi connectivity index (χ0v) is 18.0. The smallest absolute Gasteiger partial charge is 0.219 e. The summed E-state index contributed by atoms with van der Waals surface area (Å²) < 4.78 is 11.9. The summed E-state index contributed by atoms with van der Waals surface area (Å²) in [4.78, 5) is 14.6. The van der Waals surface area contributed by atoms with Crippen molar-refractivity contribution in [2.45, 2.75) is 110 Å². The van der Waals surface area contributed by atoms with E-state index in [2.05, 4.69) is 39.5 Å². The van der Waals surface area contributed by atoms with Crippen molar-refractivity contribution in [2.75, 3.05) is 19.8 Å².